The molecular weight excluding hydrogens is 394 g/mol. The van der Waals surface area contributed by atoms with Gasteiger partial charge in [0.15, 0.2) is 5.75 Å². The van der Waals surface area contributed by atoms with E-state index in [-0.39, 0.29) is 31.8 Å². The average molecular weight is 416 g/mol. The Kier molecular flexibility index (Phi) is 7.97. The molecule has 5 nitrogen and oxygen atoms in total. The summed E-state index contributed by atoms with van der Waals surface area (Å²) in [4.78, 5) is 13.3. The number of phenols is 1. The zero-order valence-electron chi connectivity index (χ0n) is 15.6. The van der Waals surface area contributed by atoms with Gasteiger partial charge in [-0.15, -0.1) is 0 Å². The number of alkyl halides is 6. The van der Waals surface area contributed by atoms with Crippen LogP contribution in [0.3, 0.4) is 0 Å². The Morgan fingerprint density at radius 3 is 2.14 bits per heavy atom. The third-order valence-electron chi connectivity index (χ3n) is 3.85. The summed E-state index contributed by atoms with van der Waals surface area (Å²) in [6.45, 7) is 4.72. The van der Waals surface area contributed by atoms with Gasteiger partial charge in [0.25, 0.3) is 0 Å². The smallest absolute Gasteiger partial charge is 0.420 e. The minimum Gasteiger partial charge on any atom is -0.505 e. The Bertz CT molecular complexity index is 660. The third-order valence-corrected chi connectivity index (χ3v) is 3.85. The average Bonchev–Trinajstić information content (AvgIpc) is 3.42. The molecule has 1 N–H and O–H groups in total. The maximum Gasteiger partial charge on any atom is 0.420 e. The van der Waals surface area contributed by atoms with Gasteiger partial charge in [-0.1, -0.05) is 13.8 Å². The van der Waals surface area contributed by atoms with Crippen LogP contribution in [0.2, 0.25) is 0 Å². The summed E-state index contributed by atoms with van der Waals surface area (Å²) < 4.78 is 82.6. The van der Waals surface area contributed by atoms with Gasteiger partial charge in [-0.25, -0.2) is 0 Å². The number of halogens is 6. The quantitative estimate of drug-likeness (QED) is 0.418. The highest BCUT2D eigenvalue weighted by Crippen LogP contribution is 2.44. The maximum absolute atomic E-state index is 13.0. The number of epoxide rings is 1. The minimum atomic E-state index is -5.15. The molecule has 1 unspecified atom stereocenters. The first kappa shape index (κ1) is 23.9. The SMILES string of the molecule is CC.CN(CCN(C=O)CC1CO1)c1cc(C(F)(F)F)cc(C(F)(F)F)c1O. The second-order valence-corrected chi connectivity index (χ2v) is 5.86. The van der Waals surface area contributed by atoms with Crippen molar-refractivity contribution in [2.24, 2.45) is 0 Å². The Morgan fingerprint density at radius 1 is 1.14 bits per heavy atom. The maximum atomic E-state index is 13.0. The lowest BCUT2D eigenvalue weighted by atomic mass is 10.1. The lowest BCUT2D eigenvalue weighted by Gasteiger charge is -2.26. The predicted octanol–water partition coefficient (Wildman–Crippen LogP) is 3.75. The normalized spacial score (nSPS) is 16.1. The molecule has 0 saturated carbocycles. The fourth-order valence-electron chi connectivity index (χ4n) is 2.31. The first-order chi connectivity index (χ1) is 12.9. The molecule has 0 aromatic heterocycles. The topological polar surface area (TPSA) is 56.3 Å². The summed E-state index contributed by atoms with van der Waals surface area (Å²) in [6, 6.07) is 0.314. The number of rotatable bonds is 7. The lowest BCUT2D eigenvalue weighted by molar-refractivity contribution is -0.143. The Hall–Kier alpha value is -2.17. The van der Waals surface area contributed by atoms with Crippen LogP contribution in [0.5, 0.6) is 5.75 Å². The molecular formula is C17H22F6N2O3. The van der Waals surface area contributed by atoms with Gasteiger partial charge in [0.2, 0.25) is 6.41 Å². The number of carbonyl (C=O) groups is 1. The molecule has 1 heterocycles. The molecule has 1 atom stereocenters. The van der Waals surface area contributed by atoms with Crippen molar-refractivity contribution in [2.75, 3.05) is 38.2 Å². The monoisotopic (exact) mass is 416 g/mol. The molecule has 1 amide bonds. The lowest BCUT2D eigenvalue weighted by Crippen LogP contribution is -2.35. The first-order valence-electron chi connectivity index (χ1n) is 8.47. The largest absolute Gasteiger partial charge is 0.505 e. The molecule has 1 aromatic carbocycles. The third kappa shape index (κ3) is 6.47. The molecule has 160 valence electrons. The number of hydrogen-bond donors (Lipinski definition) is 1. The molecule has 0 radical (unpaired) electrons. The fourth-order valence-corrected chi connectivity index (χ4v) is 2.31. The highest BCUT2D eigenvalue weighted by Gasteiger charge is 2.40. The van der Waals surface area contributed by atoms with E-state index in [1.165, 1.54) is 11.9 Å². The molecule has 1 aliphatic rings. The number of amides is 1. The van der Waals surface area contributed by atoms with Gasteiger partial charge in [0, 0.05) is 26.7 Å². The van der Waals surface area contributed by atoms with E-state index in [0.29, 0.717) is 19.1 Å². The summed E-state index contributed by atoms with van der Waals surface area (Å²) >= 11 is 0. The number of anilines is 1. The van der Waals surface area contributed by atoms with Crippen LogP contribution < -0.4 is 4.90 Å². The number of nitrogens with zero attached hydrogens (tertiary/aromatic N) is 2. The number of carbonyl (C=O) groups excluding carboxylic acids is 1. The molecule has 0 bridgehead atoms. The molecule has 1 saturated heterocycles. The van der Waals surface area contributed by atoms with Gasteiger partial charge in [0.1, 0.15) is 0 Å². The number of benzene rings is 1. The molecule has 1 fully saturated rings. The van der Waals surface area contributed by atoms with Crippen molar-refractivity contribution in [2.45, 2.75) is 32.3 Å². The Balaban J connectivity index is 0.00000190. The number of phenolic OH excluding ortho intramolecular Hbond substituents is 1. The minimum absolute atomic E-state index is 0.0386. The van der Waals surface area contributed by atoms with Crippen molar-refractivity contribution >= 4 is 12.1 Å². The first-order valence-corrected chi connectivity index (χ1v) is 8.47. The van der Waals surface area contributed by atoms with Crippen LogP contribution in [0.4, 0.5) is 32.0 Å². The Labute approximate surface area is 158 Å². The molecule has 2 rings (SSSR count). The summed E-state index contributed by atoms with van der Waals surface area (Å²) in [5.74, 6) is -1.30. The van der Waals surface area contributed by atoms with Gasteiger partial charge < -0.3 is 19.6 Å². The van der Waals surface area contributed by atoms with E-state index < -0.39 is 34.9 Å². The van der Waals surface area contributed by atoms with E-state index in [1.807, 2.05) is 13.8 Å². The van der Waals surface area contributed by atoms with Crippen LogP contribution in [0.15, 0.2) is 12.1 Å². The molecule has 0 spiro atoms. The zero-order valence-corrected chi connectivity index (χ0v) is 15.6. The van der Waals surface area contributed by atoms with Gasteiger partial charge in [-0.2, -0.15) is 26.3 Å². The number of aromatic hydroxyl groups is 1. The molecule has 11 heteroatoms. The second kappa shape index (κ2) is 9.35. The standard InChI is InChI=1S/C15H16F6N2O3.C2H6/c1-22(2-3-23(8-24)6-10-7-26-10)12-5-9(14(16,17)18)4-11(13(12)25)15(19,20)21;1-2/h4-5,8,10,25H,2-3,6-7H2,1H3;1-2H3. The van der Waals surface area contributed by atoms with E-state index in [0.717, 1.165) is 4.90 Å². The van der Waals surface area contributed by atoms with Gasteiger partial charge in [-0.3, -0.25) is 4.79 Å². The van der Waals surface area contributed by atoms with Crippen molar-refractivity contribution in [3.63, 3.8) is 0 Å². The molecule has 28 heavy (non-hydrogen) atoms. The van der Waals surface area contributed by atoms with Crippen LogP contribution >= 0.6 is 0 Å². The predicted molar refractivity (Wildman–Crippen MR) is 90.1 cm³/mol. The van der Waals surface area contributed by atoms with E-state index in [1.54, 1.807) is 0 Å². The number of hydrogen-bond acceptors (Lipinski definition) is 4. The van der Waals surface area contributed by atoms with Crippen LogP contribution in [0.1, 0.15) is 25.0 Å². The molecule has 1 aliphatic heterocycles. The van der Waals surface area contributed by atoms with Crippen molar-refractivity contribution in [1.82, 2.24) is 4.90 Å². The van der Waals surface area contributed by atoms with Gasteiger partial charge in [0.05, 0.1) is 29.5 Å². The summed E-state index contributed by atoms with van der Waals surface area (Å²) in [6.07, 6.45) is -9.76. The number of likely N-dealkylation sites (N-methyl/N-ethyl adjacent to an activating group) is 1. The molecule has 1 aromatic rings. The van der Waals surface area contributed by atoms with Crippen LogP contribution in [0.25, 0.3) is 0 Å². The summed E-state index contributed by atoms with van der Waals surface area (Å²) in [5, 5.41) is 9.83. The highest BCUT2D eigenvalue weighted by atomic mass is 19.4. The van der Waals surface area contributed by atoms with E-state index in [9.17, 15) is 36.2 Å². The second-order valence-electron chi connectivity index (χ2n) is 5.86. The van der Waals surface area contributed by atoms with E-state index in [2.05, 4.69) is 0 Å². The Morgan fingerprint density at radius 2 is 1.71 bits per heavy atom. The van der Waals surface area contributed by atoms with Crippen molar-refractivity contribution in [3.05, 3.63) is 23.3 Å². The number of ether oxygens (including phenoxy) is 1. The van der Waals surface area contributed by atoms with E-state index in [4.69, 9.17) is 4.74 Å². The summed E-state index contributed by atoms with van der Waals surface area (Å²) in [5.41, 5.74) is -3.92. The van der Waals surface area contributed by atoms with Crippen LogP contribution in [-0.4, -0.2) is 55.8 Å². The van der Waals surface area contributed by atoms with Gasteiger partial charge >= 0.3 is 12.4 Å². The van der Waals surface area contributed by atoms with Crippen molar-refractivity contribution < 1.29 is 41.0 Å². The fraction of sp³-hybridized carbons (Fsp3) is 0.588. The van der Waals surface area contributed by atoms with E-state index >= 15 is 0 Å². The van der Waals surface area contributed by atoms with Crippen molar-refractivity contribution in [1.29, 1.82) is 0 Å². The zero-order chi connectivity index (χ0) is 21.7. The van der Waals surface area contributed by atoms with Crippen LogP contribution in [-0.2, 0) is 21.9 Å². The van der Waals surface area contributed by atoms with Crippen molar-refractivity contribution in [3.8, 4) is 5.75 Å². The summed E-state index contributed by atoms with van der Waals surface area (Å²) in [7, 11) is 1.23. The van der Waals surface area contributed by atoms with Crippen LogP contribution in [0, 0.1) is 0 Å². The highest BCUT2D eigenvalue weighted by molar-refractivity contribution is 5.64. The van der Waals surface area contributed by atoms with Gasteiger partial charge in [-0.05, 0) is 12.1 Å². The molecule has 0 aliphatic carbocycles.